The van der Waals surface area contributed by atoms with Crippen LogP contribution in [0.15, 0.2) is 10.6 Å². The second kappa shape index (κ2) is 8.96. The normalized spacial score (nSPS) is 26.5. The second-order valence-electron chi connectivity index (χ2n) is 9.26. The van der Waals surface area contributed by atoms with Crippen molar-refractivity contribution in [3.63, 3.8) is 0 Å². The summed E-state index contributed by atoms with van der Waals surface area (Å²) in [5.41, 5.74) is 0.317. The Morgan fingerprint density at radius 2 is 1.82 bits per heavy atom. The van der Waals surface area contributed by atoms with E-state index < -0.39 is 12.1 Å². The van der Waals surface area contributed by atoms with Gasteiger partial charge in [0.05, 0.1) is 5.41 Å². The Hall–Kier alpha value is -2.63. The summed E-state index contributed by atoms with van der Waals surface area (Å²) in [6.45, 7) is 5.08. The Morgan fingerprint density at radius 1 is 1.21 bits per heavy atom. The fourth-order valence-corrected chi connectivity index (χ4v) is 5.80. The molecule has 33 heavy (non-hydrogen) atoms. The largest absolute Gasteiger partial charge is 0.490 e. The van der Waals surface area contributed by atoms with Crippen LogP contribution in [0.3, 0.4) is 0 Å². The summed E-state index contributed by atoms with van der Waals surface area (Å²) in [4.78, 5) is 38.5. The number of aliphatic carboxylic acids is 1. The van der Waals surface area contributed by atoms with Gasteiger partial charge in [-0.1, -0.05) is 5.16 Å². The number of piperidine rings is 1. The molecule has 2 N–H and O–H groups in total. The van der Waals surface area contributed by atoms with Gasteiger partial charge in [-0.2, -0.15) is 13.2 Å². The number of likely N-dealkylation sites (tertiary alicyclic amines) is 2. The summed E-state index contributed by atoms with van der Waals surface area (Å²) in [6, 6.07) is 1.70. The zero-order valence-electron chi connectivity index (χ0n) is 18.9. The van der Waals surface area contributed by atoms with Crippen molar-refractivity contribution in [1.82, 2.24) is 20.3 Å². The number of carboxylic acids is 1. The van der Waals surface area contributed by atoms with E-state index in [1.54, 1.807) is 20.0 Å². The minimum Gasteiger partial charge on any atom is -0.475 e. The van der Waals surface area contributed by atoms with E-state index in [0.717, 1.165) is 51.9 Å². The number of hydrogen-bond donors (Lipinski definition) is 2. The molecule has 0 radical (unpaired) electrons. The maximum Gasteiger partial charge on any atom is 0.490 e. The molecule has 2 saturated heterocycles. The minimum absolute atomic E-state index is 0.0456. The first kappa shape index (κ1) is 25.0. The average molecular weight is 474 g/mol. The van der Waals surface area contributed by atoms with E-state index in [2.05, 4.69) is 22.4 Å². The lowest BCUT2D eigenvalue weighted by atomic mass is 9.65. The average Bonchev–Trinajstić information content (AvgIpc) is 3.42. The monoisotopic (exact) mass is 474 g/mol. The number of hydrogen-bond acceptors (Lipinski definition) is 6. The highest BCUT2D eigenvalue weighted by atomic mass is 19.4. The van der Waals surface area contributed by atoms with Gasteiger partial charge in [-0.25, -0.2) is 4.79 Å². The third-order valence-corrected chi connectivity index (χ3v) is 7.34. The van der Waals surface area contributed by atoms with E-state index in [-0.39, 0.29) is 22.6 Å². The molecular weight excluding hydrogens is 445 g/mol. The van der Waals surface area contributed by atoms with Crippen LogP contribution in [0.25, 0.3) is 0 Å². The lowest BCUT2D eigenvalue weighted by Gasteiger charge is -2.44. The van der Waals surface area contributed by atoms with Crippen molar-refractivity contribution in [3.05, 3.63) is 17.5 Å². The predicted octanol–water partition coefficient (Wildman–Crippen LogP) is 1.93. The zero-order valence-corrected chi connectivity index (χ0v) is 18.9. The minimum atomic E-state index is -5.08. The molecule has 1 saturated carbocycles. The van der Waals surface area contributed by atoms with Crippen LogP contribution in [-0.4, -0.2) is 84.3 Å². The van der Waals surface area contributed by atoms with Crippen LogP contribution < -0.4 is 5.32 Å². The lowest BCUT2D eigenvalue weighted by molar-refractivity contribution is -0.192. The number of nitrogens with zero attached hydrogens (tertiary/aromatic N) is 3. The number of aryl methyl sites for hydroxylation is 1. The molecule has 0 bridgehead atoms. The van der Waals surface area contributed by atoms with Gasteiger partial charge in [0.15, 0.2) is 5.69 Å². The van der Waals surface area contributed by atoms with E-state index in [0.29, 0.717) is 17.4 Å². The van der Waals surface area contributed by atoms with Crippen molar-refractivity contribution in [2.24, 2.45) is 16.7 Å². The molecule has 1 spiro atoms. The number of carbonyl (C=O) groups excluding carboxylic acids is 2. The number of nitrogens with one attached hydrogen (secondary N) is 1. The van der Waals surface area contributed by atoms with Crippen molar-refractivity contribution in [2.45, 2.75) is 38.8 Å². The molecular formula is C21H29F3N4O5. The molecule has 1 aliphatic carbocycles. The fourth-order valence-electron chi connectivity index (χ4n) is 5.80. The first-order valence-electron chi connectivity index (χ1n) is 10.8. The summed E-state index contributed by atoms with van der Waals surface area (Å²) in [5, 5.41) is 13.9. The molecule has 9 nitrogen and oxygen atoms in total. The molecule has 0 unspecified atom stereocenters. The number of fused-ring (bicyclic) bond motifs is 2. The third kappa shape index (κ3) is 4.71. The number of aromatic nitrogens is 1. The zero-order chi connectivity index (χ0) is 24.6. The second-order valence-corrected chi connectivity index (χ2v) is 9.26. The van der Waals surface area contributed by atoms with E-state index in [9.17, 15) is 22.8 Å². The van der Waals surface area contributed by atoms with Gasteiger partial charge in [0, 0.05) is 39.3 Å². The van der Waals surface area contributed by atoms with Gasteiger partial charge in [-0.05, 0) is 51.0 Å². The summed E-state index contributed by atoms with van der Waals surface area (Å²) >= 11 is 0. The number of amides is 2. The fraction of sp³-hybridized carbons (Fsp3) is 0.714. The molecule has 2 atom stereocenters. The van der Waals surface area contributed by atoms with Crippen molar-refractivity contribution >= 4 is 17.8 Å². The van der Waals surface area contributed by atoms with Crippen LogP contribution in [-0.2, 0) is 9.59 Å². The maximum atomic E-state index is 12.7. The molecule has 1 aromatic heterocycles. The Bertz CT molecular complexity index is 910. The Morgan fingerprint density at radius 3 is 2.30 bits per heavy atom. The van der Waals surface area contributed by atoms with E-state index >= 15 is 0 Å². The van der Waals surface area contributed by atoms with Gasteiger partial charge >= 0.3 is 12.1 Å². The van der Waals surface area contributed by atoms with E-state index in [4.69, 9.17) is 14.4 Å². The van der Waals surface area contributed by atoms with Gasteiger partial charge < -0.3 is 24.7 Å². The molecule has 1 aromatic rings. The van der Waals surface area contributed by atoms with Crippen molar-refractivity contribution < 1.29 is 37.2 Å². The first-order chi connectivity index (χ1) is 15.3. The quantitative estimate of drug-likeness (QED) is 0.673. The lowest BCUT2D eigenvalue weighted by Crippen LogP contribution is -2.49. The Kier molecular flexibility index (Phi) is 6.79. The van der Waals surface area contributed by atoms with Gasteiger partial charge in [0.25, 0.3) is 5.91 Å². The van der Waals surface area contributed by atoms with Gasteiger partial charge in [0.2, 0.25) is 5.91 Å². The Labute approximate surface area is 189 Å². The number of rotatable bonds is 2. The highest BCUT2D eigenvalue weighted by Crippen LogP contribution is 2.61. The first-order valence-corrected chi connectivity index (χ1v) is 10.8. The van der Waals surface area contributed by atoms with Crippen LogP contribution in [0.1, 0.15) is 41.9 Å². The van der Waals surface area contributed by atoms with Gasteiger partial charge in [-0.3, -0.25) is 9.59 Å². The molecule has 2 aliphatic heterocycles. The number of alkyl halides is 3. The van der Waals surface area contributed by atoms with E-state index in [1.165, 1.54) is 0 Å². The van der Waals surface area contributed by atoms with Crippen LogP contribution in [0, 0.1) is 23.7 Å². The summed E-state index contributed by atoms with van der Waals surface area (Å²) in [5.74, 6) is -1.57. The highest BCUT2D eigenvalue weighted by Gasteiger charge is 2.63. The summed E-state index contributed by atoms with van der Waals surface area (Å²) in [6.07, 6.45) is -1.11. The van der Waals surface area contributed by atoms with Crippen LogP contribution in [0.4, 0.5) is 13.2 Å². The molecule has 184 valence electrons. The number of carboxylic acid groups (broad SMARTS) is 1. The molecule has 4 rings (SSSR count). The van der Waals surface area contributed by atoms with Crippen molar-refractivity contribution in [2.75, 3.05) is 40.3 Å². The van der Waals surface area contributed by atoms with Crippen LogP contribution >= 0.6 is 0 Å². The van der Waals surface area contributed by atoms with Crippen molar-refractivity contribution in [1.29, 1.82) is 0 Å². The smallest absolute Gasteiger partial charge is 0.475 e. The Balaban J connectivity index is 0.000000383. The van der Waals surface area contributed by atoms with E-state index in [1.807, 2.05) is 4.90 Å². The van der Waals surface area contributed by atoms with Crippen LogP contribution in [0.5, 0.6) is 0 Å². The molecule has 3 aliphatic rings. The molecule has 3 fully saturated rings. The topological polar surface area (TPSA) is 116 Å². The molecule has 2 amide bonds. The predicted molar refractivity (Wildman–Crippen MR) is 109 cm³/mol. The summed E-state index contributed by atoms with van der Waals surface area (Å²) in [7, 11) is 3.86. The van der Waals surface area contributed by atoms with Crippen molar-refractivity contribution in [3.8, 4) is 0 Å². The number of carbonyl (C=O) groups is 3. The number of halogens is 3. The molecule has 12 heteroatoms. The van der Waals surface area contributed by atoms with Crippen LogP contribution in [0.2, 0.25) is 0 Å². The van der Waals surface area contributed by atoms with Gasteiger partial charge in [0.1, 0.15) is 5.76 Å². The highest BCUT2D eigenvalue weighted by molar-refractivity contribution is 5.92. The third-order valence-electron chi connectivity index (χ3n) is 7.34. The summed E-state index contributed by atoms with van der Waals surface area (Å²) < 4.78 is 36.8. The molecule has 3 heterocycles. The SMILES string of the molecule is CNC(=O)[C@@]12CCC3(CCN(C(=O)c4cc(C)on4)CC3)[C@@H]1CN(C)C2.O=C(O)C(F)(F)F. The standard InChI is InChI=1S/C19H28N4O3.C2HF3O2/c1-13-10-14(21-26-13)16(24)23-8-6-18(7-9-23)4-5-19(17(25)20-2)12-22(3)11-15(18)19;3-2(4,5)1(6)7/h10,15H,4-9,11-12H2,1-3H3,(H,20,25);(H,6,7)/t15-,19+;/m0./s1. The molecule has 0 aromatic carbocycles. The maximum absolute atomic E-state index is 12.7. The van der Waals surface area contributed by atoms with Gasteiger partial charge in [-0.15, -0.1) is 0 Å².